The molecule has 0 saturated heterocycles. The van der Waals surface area contributed by atoms with Crippen molar-refractivity contribution in [2.75, 3.05) is 0 Å². The molecule has 1 radical (unpaired) electrons. The Morgan fingerprint density at radius 1 is 0.654 bits per heavy atom. The maximum absolute atomic E-state index is 12.0. The van der Waals surface area contributed by atoms with Crippen LogP contribution in [0.4, 0.5) is 0 Å². The van der Waals surface area contributed by atoms with Gasteiger partial charge in [-0.25, -0.2) is 4.79 Å². The molecule has 129 valence electrons. The van der Waals surface area contributed by atoms with Crippen molar-refractivity contribution >= 4 is 11.9 Å². The first-order valence-electron chi connectivity index (χ1n) is 8.52. The summed E-state index contributed by atoms with van der Waals surface area (Å²) in [5.74, 6) is -0.0694. The Balaban J connectivity index is 1.93. The van der Waals surface area contributed by atoms with Gasteiger partial charge in [-0.2, -0.15) is 0 Å². The number of benzene rings is 3. The Kier molecular flexibility index (Phi) is 5.59. The molecular formula is C23H19O3. The van der Waals surface area contributed by atoms with Gasteiger partial charge in [-0.3, -0.25) is 4.79 Å². The zero-order chi connectivity index (χ0) is 18.4. The van der Waals surface area contributed by atoms with Gasteiger partial charge in [-0.05, 0) is 28.8 Å². The highest BCUT2D eigenvalue weighted by Crippen LogP contribution is 2.30. The molecule has 0 unspecified atom stereocenters. The van der Waals surface area contributed by atoms with Crippen LogP contribution in [0.2, 0.25) is 0 Å². The first kappa shape index (κ1) is 17.6. The van der Waals surface area contributed by atoms with E-state index in [-0.39, 0.29) is 6.42 Å². The number of rotatable bonds is 5. The summed E-state index contributed by atoms with van der Waals surface area (Å²) in [6.45, 7) is 1.65. The van der Waals surface area contributed by atoms with E-state index in [1.165, 1.54) is 0 Å². The van der Waals surface area contributed by atoms with Gasteiger partial charge in [-0.15, -0.1) is 0 Å². The summed E-state index contributed by atoms with van der Waals surface area (Å²) in [6, 6.07) is 27.3. The van der Waals surface area contributed by atoms with Crippen LogP contribution >= 0.6 is 0 Å². The predicted octanol–water partition coefficient (Wildman–Crippen LogP) is 4.80. The zero-order valence-electron chi connectivity index (χ0n) is 14.5. The molecule has 0 heterocycles. The Hall–Kier alpha value is -3.20. The van der Waals surface area contributed by atoms with E-state index in [9.17, 15) is 9.59 Å². The van der Waals surface area contributed by atoms with Crippen molar-refractivity contribution in [1.82, 2.24) is 0 Å². The van der Waals surface area contributed by atoms with Crippen LogP contribution in [-0.2, 0) is 9.53 Å². The lowest BCUT2D eigenvalue weighted by atomic mass is 9.85. The fourth-order valence-corrected chi connectivity index (χ4v) is 2.72. The molecule has 3 aromatic rings. The lowest BCUT2D eigenvalue weighted by Gasteiger charge is -2.18. The Labute approximate surface area is 153 Å². The lowest BCUT2D eigenvalue weighted by molar-refractivity contribution is -0.137. The van der Waals surface area contributed by atoms with E-state index in [4.69, 9.17) is 4.74 Å². The van der Waals surface area contributed by atoms with E-state index in [1.54, 1.807) is 19.1 Å². The van der Waals surface area contributed by atoms with Gasteiger partial charge in [0, 0.05) is 6.42 Å². The van der Waals surface area contributed by atoms with Gasteiger partial charge < -0.3 is 4.74 Å². The molecule has 0 aliphatic carbocycles. The molecule has 0 aromatic heterocycles. The molecule has 0 atom stereocenters. The van der Waals surface area contributed by atoms with Crippen molar-refractivity contribution in [3.8, 4) is 0 Å². The summed E-state index contributed by atoms with van der Waals surface area (Å²) < 4.78 is 4.77. The van der Waals surface area contributed by atoms with E-state index in [0.717, 1.165) is 22.6 Å². The molecule has 3 rings (SSSR count). The molecule has 0 saturated carbocycles. The van der Waals surface area contributed by atoms with Crippen LogP contribution in [0.5, 0.6) is 0 Å². The average Bonchev–Trinajstić information content (AvgIpc) is 2.70. The number of carbonyl (C=O) groups excluding carboxylic acids is 2. The van der Waals surface area contributed by atoms with Crippen molar-refractivity contribution in [3.05, 3.63) is 113 Å². The van der Waals surface area contributed by atoms with Gasteiger partial charge in [0.05, 0.1) is 11.5 Å². The third-order valence-electron chi connectivity index (χ3n) is 4.03. The second kappa shape index (κ2) is 8.26. The Bertz CT molecular complexity index is 829. The van der Waals surface area contributed by atoms with Crippen molar-refractivity contribution < 1.29 is 14.3 Å². The van der Waals surface area contributed by atoms with Crippen molar-refractivity contribution in [2.24, 2.45) is 0 Å². The highest BCUT2D eigenvalue weighted by atomic mass is 16.6. The standard InChI is InChI=1S/C23H19O3/c1-2-21(24)26-23(25)20-15-13-19(14-16-20)22(17-9-5-3-6-10-17)18-11-7-4-8-12-18/h3-16H,2H2,1H3. The first-order chi connectivity index (χ1) is 12.7. The van der Waals surface area contributed by atoms with E-state index >= 15 is 0 Å². The monoisotopic (exact) mass is 343 g/mol. The second-order valence-corrected chi connectivity index (χ2v) is 5.80. The van der Waals surface area contributed by atoms with Gasteiger partial charge in [0.1, 0.15) is 0 Å². The smallest absolute Gasteiger partial charge is 0.345 e. The summed E-state index contributed by atoms with van der Waals surface area (Å²) in [6.07, 6.45) is 0.170. The molecule has 0 amide bonds. The van der Waals surface area contributed by atoms with Gasteiger partial charge in [0.2, 0.25) is 0 Å². The number of hydrogen-bond acceptors (Lipinski definition) is 3. The molecule has 3 aromatic carbocycles. The fraction of sp³-hybridized carbons (Fsp3) is 0.0870. The topological polar surface area (TPSA) is 43.4 Å². The molecule has 0 bridgehead atoms. The molecule has 26 heavy (non-hydrogen) atoms. The molecular weight excluding hydrogens is 324 g/mol. The summed E-state index contributed by atoms with van der Waals surface area (Å²) in [5, 5.41) is 0. The largest absolute Gasteiger partial charge is 0.389 e. The van der Waals surface area contributed by atoms with E-state index in [1.807, 2.05) is 48.5 Å². The van der Waals surface area contributed by atoms with Crippen LogP contribution in [0, 0.1) is 5.92 Å². The highest BCUT2D eigenvalue weighted by Gasteiger charge is 2.18. The molecule has 3 heteroatoms. The van der Waals surface area contributed by atoms with E-state index < -0.39 is 11.9 Å². The SMILES string of the molecule is CCC(=O)OC(=O)c1ccc([C](c2ccccc2)c2ccccc2)cc1. The summed E-state index contributed by atoms with van der Waals surface area (Å²) in [4.78, 5) is 23.3. The number of esters is 2. The first-order valence-corrected chi connectivity index (χ1v) is 8.52. The van der Waals surface area contributed by atoms with Crippen LogP contribution in [0.15, 0.2) is 84.9 Å². The lowest BCUT2D eigenvalue weighted by Crippen LogP contribution is -2.11. The van der Waals surface area contributed by atoms with Crippen molar-refractivity contribution in [2.45, 2.75) is 13.3 Å². The third kappa shape index (κ3) is 4.06. The molecule has 0 aliphatic heterocycles. The van der Waals surface area contributed by atoms with Gasteiger partial charge in [-0.1, -0.05) is 79.7 Å². The van der Waals surface area contributed by atoms with Gasteiger partial charge in [0.25, 0.3) is 0 Å². The van der Waals surface area contributed by atoms with Crippen molar-refractivity contribution in [1.29, 1.82) is 0 Å². The molecule has 0 aliphatic rings. The average molecular weight is 343 g/mol. The maximum Gasteiger partial charge on any atom is 0.345 e. The van der Waals surface area contributed by atoms with E-state index in [0.29, 0.717) is 5.56 Å². The quantitative estimate of drug-likeness (QED) is 0.380. The normalized spacial score (nSPS) is 10.5. The predicted molar refractivity (Wildman–Crippen MR) is 101 cm³/mol. The van der Waals surface area contributed by atoms with Crippen LogP contribution in [0.25, 0.3) is 0 Å². The summed E-state index contributed by atoms with van der Waals surface area (Å²) in [5.41, 5.74) is 3.53. The number of ether oxygens (including phenoxy) is 1. The number of carbonyl (C=O) groups is 2. The molecule has 0 fully saturated rings. The molecule has 0 N–H and O–H groups in total. The highest BCUT2D eigenvalue weighted by molar-refractivity contribution is 5.96. The zero-order valence-corrected chi connectivity index (χ0v) is 14.5. The van der Waals surface area contributed by atoms with Crippen LogP contribution in [0.3, 0.4) is 0 Å². The van der Waals surface area contributed by atoms with Gasteiger partial charge >= 0.3 is 11.9 Å². The molecule has 0 spiro atoms. The number of hydrogen-bond donors (Lipinski definition) is 0. The van der Waals surface area contributed by atoms with Crippen LogP contribution in [0.1, 0.15) is 40.4 Å². The van der Waals surface area contributed by atoms with Crippen molar-refractivity contribution in [3.63, 3.8) is 0 Å². The fourth-order valence-electron chi connectivity index (χ4n) is 2.72. The van der Waals surface area contributed by atoms with Crippen LogP contribution in [-0.4, -0.2) is 11.9 Å². The minimum atomic E-state index is -0.621. The van der Waals surface area contributed by atoms with Gasteiger partial charge in [0.15, 0.2) is 0 Å². The maximum atomic E-state index is 12.0. The second-order valence-electron chi connectivity index (χ2n) is 5.80. The minimum Gasteiger partial charge on any atom is -0.389 e. The minimum absolute atomic E-state index is 0.170. The van der Waals surface area contributed by atoms with Crippen LogP contribution < -0.4 is 0 Å². The Morgan fingerprint density at radius 2 is 1.08 bits per heavy atom. The third-order valence-corrected chi connectivity index (χ3v) is 4.03. The molecule has 3 nitrogen and oxygen atoms in total. The summed E-state index contributed by atoms with van der Waals surface area (Å²) in [7, 11) is 0. The summed E-state index contributed by atoms with van der Waals surface area (Å²) >= 11 is 0. The Morgan fingerprint density at radius 3 is 1.54 bits per heavy atom. The van der Waals surface area contributed by atoms with E-state index in [2.05, 4.69) is 24.3 Å².